The first-order chi connectivity index (χ1) is 13.0. The molecule has 3 unspecified atom stereocenters. The summed E-state index contributed by atoms with van der Waals surface area (Å²) >= 11 is 6.32. The number of halogens is 1. The molecule has 2 fully saturated rings. The number of carbonyl (C=O) groups is 1. The minimum absolute atomic E-state index is 0.0192. The van der Waals surface area contributed by atoms with Crippen LogP contribution >= 0.6 is 11.6 Å². The predicted octanol–water partition coefficient (Wildman–Crippen LogP) is 2.83. The van der Waals surface area contributed by atoms with Crippen LogP contribution in [0.1, 0.15) is 37.0 Å². The van der Waals surface area contributed by atoms with Crippen molar-refractivity contribution in [3.05, 3.63) is 22.7 Å². The van der Waals surface area contributed by atoms with Crippen LogP contribution in [0, 0.1) is 0 Å². The Labute approximate surface area is 165 Å². The summed E-state index contributed by atoms with van der Waals surface area (Å²) in [4.78, 5) is 17.6. The summed E-state index contributed by atoms with van der Waals surface area (Å²) in [6.45, 7) is 8.67. The first-order valence-electron chi connectivity index (χ1n) is 9.79. The third-order valence-electron chi connectivity index (χ3n) is 5.45. The lowest BCUT2D eigenvalue weighted by atomic mass is 10.1. The van der Waals surface area contributed by atoms with Crippen LogP contribution in [-0.2, 0) is 4.74 Å². The van der Waals surface area contributed by atoms with Gasteiger partial charge in [0.2, 0.25) is 0 Å². The molecule has 3 aliphatic rings. The van der Waals surface area contributed by atoms with Gasteiger partial charge in [-0.2, -0.15) is 0 Å². The van der Waals surface area contributed by atoms with Crippen LogP contribution < -0.4 is 9.47 Å². The van der Waals surface area contributed by atoms with E-state index in [-0.39, 0.29) is 24.2 Å². The molecule has 0 bridgehead atoms. The Bertz CT molecular complexity index is 703. The van der Waals surface area contributed by atoms with Gasteiger partial charge in [0.05, 0.1) is 17.2 Å². The number of carbonyl (C=O) groups excluding carboxylic acids is 1. The zero-order valence-corrected chi connectivity index (χ0v) is 16.7. The summed E-state index contributed by atoms with van der Waals surface area (Å²) in [6, 6.07) is 3.68. The van der Waals surface area contributed by atoms with Crippen LogP contribution in [0.15, 0.2) is 12.1 Å². The Morgan fingerprint density at radius 1 is 1.19 bits per heavy atom. The number of hydrogen-bond acceptors (Lipinski definition) is 5. The third kappa shape index (κ3) is 4.03. The fourth-order valence-electron chi connectivity index (χ4n) is 4.42. The summed E-state index contributed by atoms with van der Waals surface area (Å²) in [6.07, 6.45) is 2.53. The van der Waals surface area contributed by atoms with Crippen molar-refractivity contribution in [2.45, 2.75) is 44.9 Å². The topological polar surface area (TPSA) is 51.2 Å². The smallest absolute Gasteiger partial charge is 0.254 e. The molecule has 1 aromatic rings. The second kappa shape index (κ2) is 7.86. The standard InChI is InChI=1S/C20H27ClN2O4/c1-13-10-22(11-14(2)27-13)12-16-4-3-5-23(16)20(24)15-8-17(21)19-18(9-15)25-6-7-26-19/h8-9,13-14,16H,3-7,10-12H2,1-2H3. The molecule has 0 N–H and O–H groups in total. The lowest BCUT2D eigenvalue weighted by Gasteiger charge is -2.38. The Hall–Kier alpha value is -1.50. The number of ether oxygens (including phenoxy) is 3. The first kappa shape index (κ1) is 18.8. The maximum atomic E-state index is 13.2. The van der Waals surface area contributed by atoms with E-state index in [1.807, 2.05) is 4.90 Å². The highest BCUT2D eigenvalue weighted by molar-refractivity contribution is 6.32. The van der Waals surface area contributed by atoms with E-state index in [4.69, 9.17) is 25.8 Å². The van der Waals surface area contributed by atoms with Gasteiger partial charge in [-0.1, -0.05) is 11.6 Å². The number of benzene rings is 1. The van der Waals surface area contributed by atoms with E-state index in [1.54, 1.807) is 12.1 Å². The molecular weight excluding hydrogens is 368 g/mol. The van der Waals surface area contributed by atoms with Crippen molar-refractivity contribution in [1.82, 2.24) is 9.80 Å². The molecule has 6 nitrogen and oxygen atoms in total. The Balaban J connectivity index is 1.48. The molecule has 0 spiro atoms. The Morgan fingerprint density at radius 2 is 1.93 bits per heavy atom. The van der Waals surface area contributed by atoms with E-state index in [9.17, 15) is 4.79 Å². The fraction of sp³-hybridized carbons (Fsp3) is 0.650. The second-order valence-electron chi connectivity index (χ2n) is 7.75. The quantitative estimate of drug-likeness (QED) is 0.789. The molecule has 0 aromatic heterocycles. The van der Waals surface area contributed by atoms with Crippen LogP contribution in [0.5, 0.6) is 11.5 Å². The number of morpholine rings is 1. The first-order valence-corrected chi connectivity index (χ1v) is 10.2. The van der Waals surface area contributed by atoms with E-state index >= 15 is 0 Å². The molecule has 0 aliphatic carbocycles. The van der Waals surface area contributed by atoms with Gasteiger partial charge in [-0.15, -0.1) is 0 Å². The van der Waals surface area contributed by atoms with Crippen molar-refractivity contribution in [2.75, 3.05) is 39.4 Å². The van der Waals surface area contributed by atoms with Gasteiger partial charge < -0.3 is 19.1 Å². The van der Waals surface area contributed by atoms with Crippen molar-refractivity contribution >= 4 is 17.5 Å². The van der Waals surface area contributed by atoms with Crippen molar-refractivity contribution in [1.29, 1.82) is 0 Å². The highest BCUT2D eigenvalue weighted by atomic mass is 35.5. The Kier molecular flexibility index (Phi) is 5.48. The summed E-state index contributed by atoms with van der Waals surface area (Å²) in [5, 5.41) is 0.433. The van der Waals surface area contributed by atoms with Gasteiger partial charge in [-0.05, 0) is 38.8 Å². The van der Waals surface area contributed by atoms with Crippen molar-refractivity contribution in [2.24, 2.45) is 0 Å². The lowest BCUT2D eigenvalue weighted by Crippen LogP contribution is -2.50. The molecule has 148 valence electrons. The molecule has 3 atom stereocenters. The fourth-order valence-corrected chi connectivity index (χ4v) is 4.69. The minimum Gasteiger partial charge on any atom is -0.486 e. The summed E-state index contributed by atoms with van der Waals surface area (Å²) in [7, 11) is 0. The largest absolute Gasteiger partial charge is 0.486 e. The van der Waals surface area contributed by atoms with Crippen LogP contribution in [-0.4, -0.2) is 73.3 Å². The number of nitrogens with zero attached hydrogens (tertiary/aromatic N) is 2. The van der Waals surface area contributed by atoms with Crippen LogP contribution in [0.2, 0.25) is 5.02 Å². The summed E-state index contributed by atoms with van der Waals surface area (Å²) in [5.41, 5.74) is 0.569. The van der Waals surface area contributed by atoms with Gasteiger partial charge in [-0.25, -0.2) is 0 Å². The predicted molar refractivity (Wildman–Crippen MR) is 103 cm³/mol. The molecule has 7 heteroatoms. The van der Waals surface area contributed by atoms with E-state index in [0.29, 0.717) is 35.3 Å². The monoisotopic (exact) mass is 394 g/mol. The molecule has 1 amide bonds. The van der Waals surface area contributed by atoms with Crippen LogP contribution in [0.4, 0.5) is 0 Å². The number of rotatable bonds is 3. The maximum Gasteiger partial charge on any atom is 0.254 e. The highest BCUT2D eigenvalue weighted by Crippen LogP contribution is 2.39. The summed E-state index contributed by atoms with van der Waals surface area (Å²) < 4.78 is 17.0. The highest BCUT2D eigenvalue weighted by Gasteiger charge is 2.33. The summed E-state index contributed by atoms with van der Waals surface area (Å²) in [5.74, 6) is 1.11. The lowest BCUT2D eigenvalue weighted by molar-refractivity contribution is -0.0715. The normalized spacial score (nSPS) is 28.4. The molecule has 1 aromatic carbocycles. The van der Waals surface area contributed by atoms with Gasteiger partial charge in [-0.3, -0.25) is 9.69 Å². The van der Waals surface area contributed by atoms with E-state index in [0.717, 1.165) is 39.0 Å². The van der Waals surface area contributed by atoms with Gasteiger partial charge in [0.25, 0.3) is 5.91 Å². The van der Waals surface area contributed by atoms with Crippen LogP contribution in [0.25, 0.3) is 0 Å². The average Bonchev–Trinajstić information content (AvgIpc) is 3.08. The van der Waals surface area contributed by atoms with Gasteiger partial charge in [0.15, 0.2) is 11.5 Å². The van der Waals surface area contributed by atoms with Crippen molar-refractivity contribution in [3.8, 4) is 11.5 Å². The number of amides is 1. The number of likely N-dealkylation sites (tertiary alicyclic amines) is 1. The SMILES string of the molecule is CC1CN(CC2CCCN2C(=O)c2cc(Cl)c3c(c2)OCCO3)CC(C)O1. The zero-order valence-electron chi connectivity index (χ0n) is 15.9. The molecule has 0 saturated carbocycles. The van der Waals surface area contributed by atoms with Crippen LogP contribution in [0.3, 0.4) is 0 Å². The second-order valence-corrected chi connectivity index (χ2v) is 8.16. The molecule has 4 rings (SSSR count). The van der Waals surface area contributed by atoms with Crippen molar-refractivity contribution in [3.63, 3.8) is 0 Å². The minimum atomic E-state index is 0.0192. The van der Waals surface area contributed by atoms with E-state index in [2.05, 4.69) is 18.7 Å². The average molecular weight is 395 g/mol. The molecule has 3 heterocycles. The molecule has 27 heavy (non-hydrogen) atoms. The number of fused-ring (bicyclic) bond motifs is 1. The Morgan fingerprint density at radius 3 is 2.70 bits per heavy atom. The van der Waals surface area contributed by atoms with Gasteiger partial charge in [0.1, 0.15) is 13.2 Å². The van der Waals surface area contributed by atoms with Crippen molar-refractivity contribution < 1.29 is 19.0 Å². The third-order valence-corrected chi connectivity index (χ3v) is 5.73. The van der Waals surface area contributed by atoms with E-state index < -0.39 is 0 Å². The van der Waals surface area contributed by atoms with E-state index in [1.165, 1.54) is 0 Å². The molecule has 3 aliphatic heterocycles. The van der Waals surface area contributed by atoms with Gasteiger partial charge in [0, 0.05) is 37.8 Å². The molecule has 2 saturated heterocycles. The number of hydrogen-bond donors (Lipinski definition) is 0. The maximum absolute atomic E-state index is 13.2. The molecule has 0 radical (unpaired) electrons. The molecular formula is C20H27ClN2O4. The van der Waals surface area contributed by atoms with Gasteiger partial charge >= 0.3 is 0 Å². The zero-order chi connectivity index (χ0) is 19.0.